The highest BCUT2D eigenvalue weighted by molar-refractivity contribution is 7.89. The summed E-state index contributed by atoms with van der Waals surface area (Å²) in [6.07, 6.45) is 6.53. The van der Waals surface area contributed by atoms with E-state index in [1.165, 1.54) is 12.1 Å². The van der Waals surface area contributed by atoms with E-state index in [2.05, 4.69) is 0 Å². The van der Waals surface area contributed by atoms with Gasteiger partial charge >= 0.3 is 0 Å². The molecule has 0 aromatic heterocycles. The first-order valence-electron chi connectivity index (χ1n) is 8.27. The zero-order valence-electron chi connectivity index (χ0n) is 13.8. The first-order valence-corrected chi connectivity index (χ1v) is 9.71. The third kappa shape index (κ3) is 4.03. The standard InChI is InChI=1S/C19H21NO4S/c21-18-11-8-16(14-19(18)22)5-4-15-6-9-17(10-7-15)25(23,24)20-12-2-1-3-13-20/h4-11,14,21-22H,1-3,12-13H2/b5-4+. The van der Waals surface area contributed by atoms with Crippen LogP contribution in [0, 0.1) is 0 Å². The molecule has 1 heterocycles. The van der Waals surface area contributed by atoms with Crippen molar-refractivity contribution in [2.75, 3.05) is 13.1 Å². The van der Waals surface area contributed by atoms with E-state index < -0.39 is 10.0 Å². The molecule has 2 aromatic rings. The largest absolute Gasteiger partial charge is 0.504 e. The van der Waals surface area contributed by atoms with Gasteiger partial charge < -0.3 is 10.2 Å². The second-order valence-corrected chi connectivity index (χ2v) is 8.05. The number of benzene rings is 2. The van der Waals surface area contributed by atoms with E-state index in [-0.39, 0.29) is 11.5 Å². The highest BCUT2D eigenvalue weighted by atomic mass is 32.2. The summed E-state index contributed by atoms with van der Waals surface area (Å²) in [6, 6.07) is 11.3. The van der Waals surface area contributed by atoms with Crippen LogP contribution < -0.4 is 0 Å². The lowest BCUT2D eigenvalue weighted by molar-refractivity contribution is 0.346. The van der Waals surface area contributed by atoms with Gasteiger partial charge in [-0.15, -0.1) is 0 Å². The van der Waals surface area contributed by atoms with Gasteiger partial charge in [0.05, 0.1) is 4.90 Å². The minimum absolute atomic E-state index is 0.163. The van der Waals surface area contributed by atoms with Crippen molar-refractivity contribution < 1.29 is 18.6 Å². The monoisotopic (exact) mass is 359 g/mol. The van der Waals surface area contributed by atoms with Gasteiger partial charge in [0.25, 0.3) is 0 Å². The molecule has 0 spiro atoms. The zero-order chi connectivity index (χ0) is 17.9. The van der Waals surface area contributed by atoms with Gasteiger partial charge in [0.15, 0.2) is 11.5 Å². The second-order valence-electron chi connectivity index (χ2n) is 6.12. The smallest absolute Gasteiger partial charge is 0.243 e. The van der Waals surface area contributed by atoms with Crippen LogP contribution in [0.25, 0.3) is 12.2 Å². The average Bonchev–Trinajstić information content (AvgIpc) is 2.64. The number of aromatic hydroxyl groups is 2. The first kappa shape index (κ1) is 17.5. The summed E-state index contributed by atoms with van der Waals surface area (Å²) in [4.78, 5) is 0.314. The summed E-state index contributed by atoms with van der Waals surface area (Å²) in [5, 5.41) is 18.8. The summed E-state index contributed by atoms with van der Waals surface area (Å²) in [6.45, 7) is 1.18. The lowest BCUT2D eigenvalue weighted by Crippen LogP contribution is -2.35. The predicted octanol–water partition coefficient (Wildman–Crippen LogP) is 3.44. The highest BCUT2D eigenvalue weighted by Crippen LogP contribution is 2.26. The maximum absolute atomic E-state index is 12.6. The minimum atomic E-state index is -3.41. The average molecular weight is 359 g/mol. The van der Waals surface area contributed by atoms with Crippen LogP contribution in [0.5, 0.6) is 11.5 Å². The van der Waals surface area contributed by atoms with Crippen LogP contribution in [0.2, 0.25) is 0 Å². The molecule has 0 amide bonds. The van der Waals surface area contributed by atoms with Crippen LogP contribution in [-0.2, 0) is 10.0 Å². The van der Waals surface area contributed by atoms with Crippen molar-refractivity contribution in [3.63, 3.8) is 0 Å². The van der Waals surface area contributed by atoms with Gasteiger partial charge in [-0.3, -0.25) is 0 Å². The summed E-state index contributed by atoms with van der Waals surface area (Å²) in [5.41, 5.74) is 1.59. The van der Waals surface area contributed by atoms with Crippen molar-refractivity contribution >= 4 is 22.2 Å². The molecule has 0 radical (unpaired) electrons. The summed E-state index contributed by atoms with van der Waals surface area (Å²) in [5.74, 6) is -0.338. The van der Waals surface area contributed by atoms with Gasteiger partial charge in [0.1, 0.15) is 0 Å². The SMILES string of the molecule is O=S(=O)(c1ccc(/C=C/c2ccc(O)c(O)c2)cc1)N1CCCCC1. The van der Waals surface area contributed by atoms with Crippen molar-refractivity contribution in [2.24, 2.45) is 0 Å². The number of sulfonamides is 1. The first-order chi connectivity index (χ1) is 12.0. The summed E-state index contributed by atoms with van der Waals surface area (Å²) >= 11 is 0. The van der Waals surface area contributed by atoms with Crippen molar-refractivity contribution in [3.05, 3.63) is 53.6 Å². The molecule has 0 atom stereocenters. The van der Waals surface area contributed by atoms with Gasteiger partial charge in [-0.05, 0) is 48.2 Å². The van der Waals surface area contributed by atoms with E-state index in [9.17, 15) is 18.6 Å². The Kier molecular flexibility index (Phi) is 5.11. The van der Waals surface area contributed by atoms with Gasteiger partial charge in [-0.1, -0.05) is 36.8 Å². The molecule has 1 saturated heterocycles. The Morgan fingerprint density at radius 1 is 0.800 bits per heavy atom. The van der Waals surface area contributed by atoms with E-state index >= 15 is 0 Å². The number of phenolic OH excluding ortho intramolecular Hbond substituents is 2. The number of hydrogen-bond donors (Lipinski definition) is 2. The summed E-state index contributed by atoms with van der Waals surface area (Å²) < 4.78 is 26.8. The van der Waals surface area contributed by atoms with Gasteiger partial charge in [-0.2, -0.15) is 4.31 Å². The molecule has 0 saturated carbocycles. The van der Waals surface area contributed by atoms with Crippen LogP contribution in [0.1, 0.15) is 30.4 Å². The number of hydrogen-bond acceptors (Lipinski definition) is 4. The molecule has 2 aromatic carbocycles. The van der Waals surface area contributed by atoms with E-state index in [0.717, 1.165) is 30.4 Å². The third-order valence-electron chi connectivity index (χ3n) is 4.30. The van der Waals surface area contributed by atoms with Crippen LogP contribution in [0.4, 0.5) is 0 Å². The molecule has 0 bridgehead atoms. The molecule has 1 aliphatic rings. The van der Waals surface area contributed by atoms with Gasteiger partial charge in [0, 0.05) is 13.1 Å². The Hall–Kier alpha value is -2.31. The normalized spacial score (nSPS) is 16.3. The van der Waals surface area contributed by atoms with Crippen LogP contribution >= 0.6 is 0 Å². The molecule has 6 heteroatoms. The second kappa shape index (κ2) is 7.29. The minimum Gasteiger partial charge on any atom is -0.504 e. The fourth-order valence-electron chi connectivity index (χ4n) is 2.84. The Morgan fingerprint density at radius 2 is 1.40 bits per heavy atom. The lowest BCUT2D eigenvalue weighted by Gasteiger charge is -2.25. The molecule has 5 nitrogen and oxygen atoms in total. The maximum atomic E-state index is 12.6. The topological polar surface area (TPSA) is 77.8 Å². The number of rotatable bonds is 4. The molecule has 1 fully saturated rings. The van der Waals surface area contributed by atoms with Crippen LogP contribution in [0.15, 0.2) is 47.4 Å². The Labute approximate surface area is 147 Å². The van der Waals surface area contributed by atoms with Crippen molar-refractivity contribution in [1.82, 2.24) is 4.31 Å². The Morgan fingerprint density at radius 3 is 2.04 bits per heavy atom. The molecule has 0 aliphatic carbocycles. The Balaban J connectivity index is 1.75. The van der Waals surface area contributed by atoms with E-state index in [4.69, 9.17) is 0 Å². The van der Waals surface area contributed by atoms with Crippen LogP contribution in [0.3, 0.4) is 0 Å². The van der Waals surface area contributed by atoms with E-state index in [1.807, 2.05) is 6.08 Å². The molecule has 3 rings (SSSR count). The van der Waals surface area contributed by atoms with E-state index in [0.29, 0.717) is 18.0 Å². The third-order valence-corrected chi connectivity index (χ3v) is 6.21. The molecule has 0 unspecified atom stereocenters. The zero-order valence-corrected chi connectivity index (χ0v) is 14.6. The number of nitrogens with zero attached hydrogens (tertiary/aromatic N) is 1. The van der Waals surface area contributed by atoms with Gasteiger partial charge in [-0.25, -0.2) is 8.42 Å². The molecular weight excluding hydrogens is 338 g/mol. The van der Waals surface area contributed by atoms with Crippen molar-refractivity contribution in [1.29, 1.82) is 0 Å². The maximum Gasteiger partial charge on any atom is 0.243 e. The van der Waals surface area contributed by atoms with Gasteiger partial charge in [0.2, 0.25) is 10.0 Å². The number of phenols is 2. The molecule has 2 N–H and O–H groups in total. The summed E-state index contributed by atoms with van der Waals surface area (Å²) in [7, 11) is -3.41. The molecular formula is C19H21NO4S. The van der Waals surface area contributed by atoms with Crippen molar-refractivity contribution in [3.8, 4) is 11.5 Å². The van der Waals surface area contributed by atoms with Crippen LogP contribution in [-0.4, -0.2) is 36.0 Å². The molecule has 25 heavy (non-hydrogen) atoms. The highest BCUT2D eigenvalue weighted by Gasteiger charge is 2.25. The fraction of sp³-hybridized carbons (Fsp3) is 0.263. The predicted molar refractivity (Wildman–Crippen MR) is 97.8 cm³/mol. The van der Waals surface area contributed by atoms with Crippen molar-refractivity contribution in [2.45, 2.75) is 24.2 Å². The Bertz CT molecular complexity index is 867. The van der Waals surface area contributed by atoms with E-state index in [1.54, 1.807) is 40.7 Å². The molecule has 1 aliphatic heterocycles. The fourth-order valence-corrected chi connectivity index (χ4v) is 4.36. The quantitative estimate of drug-likeness (QED) is 0.647. The number of piperidine rings is 1. The lowest BCUT2D eigenvalue weighted by atomic mass is 10.1. The molecule has 132 valence electrons.